The zero-order valence-electron chi connectivity index (χ0n) is 49.8. The van der Waals surface area contributed by atoms with Crippen molar-refractivity contribution in [2.24, 2.45) is 10.8 Å². The minimum absolute atomic E-state index is 0.0144. The number of fused-ring (bicyclic) bond motifs is 6. The molecule has 0 spiro atoms. The summed E-state index contributed by atoms with van der Waals surface area (Å²) < 4.78 is 22.3. The SMILES string of the molecule is CC(=O)OCC1c2ccccc2-c2ccccc21.CC(C)(C)[Si](C)(C)OC/C=C\CN=[N+]=[N-].CC(C)(C)[Si](C)(C)OC/C=C\CO.NC/C=C\CO.O=C(NC/C=C\CO)OCC1c2ccccc2-c2ccccc21.OC/C=C\CO. The fraction of sp³-hybridized carbons (Fsp3) is 0.429. The molecule has 16 nitrogen and oxygen atoms in total. The molecule has 0 saturated heterocycles. The van der Waals surface area contributed by atoms with Crippen LogP contribution in [-0.4, -0.2) is 133 Å². The lowest BCUT2D eigenvalue weighted by Crippen LogP contribution is -2.40. The third kappa shape index (κ3) is 27.4. The van der Waals surface area contributed by atoms with Crippen LogP contribution in [0.4, 0.5) is 4.79 Å². The number of aliphatic hydroxyl groups is 5. The number of azide groups is 1. The van der Waals surface area contributed by atoms with Gasteiger partial charge in [-0.2, -0.15) is 0 Å². The van der Waals surface area contributed by atoms with Gasteiger partial charge >= 0.3 is 12.1 Å². The number of nitrogens with zero attached hydrogens (tertiary/aromatic N) is 3. The van der Waals surface area contributed by atoms with E-state index in [0.29, 0.717) is 46.1 Å². The molecule has 0 saturated carbocycles. The summed E-state index contributed by atoms with van der Waals surface area (Å²) in [7, 11) is -3.22. The van der Waals surface area contributed by atoms with E-state index in [1.165, 1.54) is 63.6 Å². The Morgan fingerprint density at radius 3 is 1.22 bits per heavy atom. The first-order valence-electron chi connectivity index (χ1n) is 27.2. The molecule has 444 valence electrons. The van der Waals surface area contributed by atoms with Crippen LogP contribution in [0, 0.1) is 0 Å². The second-order valence-corrected chi connectivity index (χ2v) is 30.9. The highest BCUT2D eigenvalue weighted by atomic mass is 28.4. The Hall–Kier alpha value is -6.26. The zero-order chi connectivity index (χ0) is 60.7. The van der Waals surface area contributed by atoms with Crippen molar-refractivity contribution in [3.8, 4) is 22.3 Å². The minimum atomic E-state index is -1.63. The molecule has 0 aliphatic heterocycles. The summed E-state index contributed by atoms with van der Waals surface area (Å²) in [4.78, 5) is 25.4. The van der Waals surface area contributed by atoms with Gasteiger partial charge in [0.1, 0.15) is 13.2 Å². The predicted molar refractivity (Wildman–Crippen MR) is 334 cm³/mol. The second-order valence-electron chi connectivity index (χ2n) is 21.3. The van der Waals surface area contributed by atoms with Gasteiger partial charge in [0.2, 0.25) is 0 Å². The molecule has 2 aliphatic carbocycles. The van der Waals surface area contributed by atoms with Crippen LogP contribution in [-0.2, 0) is 23.1 Å². The molecule has 6 rings (SSSR count). The number of nitrogens with one attached hydrogen (secondary N) is 1. The topological polar surface area (TPSA) is 259 Å². The van der Waals surface area contributed by atoms with Crippen molar-refractivity contribution in [1.82, 2.24) is 5.32 Å². The molecule has 0 atom stereocenters. The molecule has 4 aromatic carbocycles. The molecular weight excluding hydrogens is 1060 g/mol. The average molecular weight is 1150 g/mol. The van der Waals surface area contributed by atoms with Gasteiger partial charge in [-0.25, -0.2) is 4.79 Å². The van der Waals surface area contributed by atoms with Crippen molar-refractivity contribution >= 4 is 28.7 Å². The molecule has 0 heterocycles. The fourth-order valence-corrected chi connectivity index (χ4v) is 9.12. The van der Waals surface area contributed by atoms with E-state index in [1.54, 1.807) is 30.4 Å². The molecule has 81 heavy (non-hydrogen) atoms. The first-order chi connectivity index (χ1) is 38.5. The minimum Gasteiger partial charge on any atom is -0.465 e. The van der Waals surface area contributed by atoms with Gasteiger partial charge in [0.15, 0.2) is 16.6 Å². The lowest BCUT2D eigenvalue weighted by molar-refractivity contribution is -0.141. The van der Waals surface area contributed by atoms with Gasteiger partial charge in [0.25, 0.3) is 0 Å². The summed E-state index contributed by atoms with van der Waals surface area (Å²) in [5, 5.41) is 47.8. The first kappa shape index (κ1) is 72.8. The number of ether oxygens (including phenoxy) is 2. The maximum atomic E-state index is 11.8. The van der Waals surface area contributed by atoms with E-state index in [2.05, 4.69) is 132 Å². The van der Waals surface area contributed by atoms with Crippen molar-refractivity contribution < 1.29 is 53.4 Å². The standard InChI is InChI=1S/C19H19NO3.C16H14O2.C10H21N3OSi.C10H22O2Si.C4H9NO.C4H8O2/c21-12-6-5-11-20-19(22)23-13-18-16-9-3-1-7-14(16)15-8-2-4-10-17(15)18;1-11(17)18-10-16-14-8-4-2-6-12(14)13-7-3-5-9-15(13)16;1-10(2,3)15(4,5)14-9-7-6-8-12-13-11;1-10(2,3)13(4,5)12-9-7-6-8-11;2*5-3-1-2-4-6/h1-10,18,21H,11-13H2,(H,20,22);2-9,16H,10H2,1H3;6-7H,8-9H2,1-5H3;6-7,11H,8-9H2,1-5H3;1-2,6H,3-5H2;1-2,5-6H,3-4H2/b6-5-;;2*7-6-;2*2-1-. The first-order valence-corrected chi connectivity index (χ1v) is 33.0. The molecule has 0 radical (unpaired) electrons. The van der Waals surface area contributed by atoms with Gasteiger partial charge in [-0.1, -0.05) is 204 Å². The molecule has 0 aromatic heterocycles. The highest BCUT2D eigenvalue weighted by molar-refractivity contribution is 6.74. The van der Waals surface area contributed by atoms with Crippen LogP contribution in [0.15, 0.2) is 163 Å². The van der Waals surface area contributed by atoms with Gasteiger partial charge in [0, 0.05) is 43.3 Å². The Bertz CT molecular complexity index is 2520. The number of carbonyl (C=O) groups is 2. The Kier molecular flexibility index (Phi) is 35.9. The van der Waals surface area contributed by atoms with Crippen molar-refractivity contribution in [3.63, 3.8) is 0 Å². The molecular formula is C63H93N5O11Si2. The smallest absolute Gasteiger partial charge is 0.407 e. The van der Waals surface area contributed by atoms with E-state index in [1.807, 2.05) is 66.8 Å². The Balaban J connectivity index is 0.000000515. The van der Waals surface area contributed by atoms with Gasteiger partial charge in [-0.15, -0.1) is 0 Å². The maximum absolute atomic E-state index is 11.8. The van der Waals surface area contributed by atoms with E-state index in [4.69, 9.17) is 55.1 Å². The lowest BCUT2D eigenvalue weighted by Gasteiger charge is -2.35. The van der Waals surface area contributed by atoms with Crippen molar-refractivity contribution in [2.75, 3.05) is 79.1 Å². The number of aliphatic hydroxyl groups excluding tert-OH is 5. The summed E-state index contributed by atoms with van der Waals surface area (Å²) in [5.41, 5.74) is 22.9. The van der Waals surface area contributed by atoms with E-state index in [-0.39, 0.29) is 60.9 Å². The Labute approximate surface area is 484 Å². The number of alkyl carbamates (subject to hydrolysis) is 1. The molecule has 1 amide bonds. The lowest BCUT2D eigenvalue weighted by atomic mass is 9.98. The molecule has 0 bridgehead atoms. The average Bonchev–Trinajstić information content (AvgIpc) is 3.94. The van der Waals surface area contributed by atoms with E-state index in [0.717, 1.165) is 0 Å². The number of esters is 1. The van der Waals surface area contributed by atoms with Crippen LogP contribution in [0.25, 0.3) is 32.7 Å². The van der Waals surface area contributed by atoms with Crippen LogP contribution in [0.2, 0.25) is 36.3 Å². The highest BCUT2D eigenvalue weighted by Crippen LogP contribution is 2.46. The maximum Gasteiger partial charge on any atom is 0.407 e. The van der Waals surface area contributed by atoms with Crippen molar-refractivity contribution in [3.05, 3.63) is 191 Å². The quantitative estimate of drug-likeness (QED) is 0.0109. The zero-order valence-corrected chi connectivity index (χ0v) is 51.8. The van der Waals surface area contributed by atoms with Crippen molar-refractivity contribution in [2.45, 2.75) is 96.6 Å². The van der Waals surface area contributed by atoms with E-state index in [9.17, 15) is 9.59 Å². The summed E-state index contributed by atoms with van der Waals surface area (Å²) in [6.07, 6.45) is 16.4. The van der Waals surface area contributed by atoms with Crippen LogP contribution >= 0.6 is 0 Å². The van der Waals surface area contributed by atoms with E-state index < -0.39 is 22.7 Å². The Morgan fingerprint density at radius 1 is 0.556 bits per heavy atom. The molecule has 0 fully saturated rings. The van der Waals surface area contributed by atoms with Gasteiger partial charge in [-0.3, -0.25) is 4.79 Å². The van der Waals surface area contributed by atoms with Gasteiger partial charge < -0.3 is 54.9 Å². The molecule has 2 aliphatic rings. The summed E-state index contributed by atoms with van der Waals surface area (Å²) in [5.74, 6) is 0.0132. The summed E-state index contributed by atoms with van der Waals surface area (Å²) in [6.45, 7) is 27.0. The summed E-state index contributed by atoms with van der Waals surface area (Å²) >= 11 is 0. The molecule has 4 aromatic rings. The molecule has 0 unspecified atom stereocenters. The third-order valence-electron chi connectivity index (χ3n) is 13.6. The number of hydrogen-bond acceptors (Lipinski definition) is 13. The van der Waals surface area contributed by atoms with E-state index >= 15 is 0 Å². The fourth-order valence-electron chi connectivity index (χ4n) is 7.22. The molecule has 18 heteroatoms. The van der Waals surface area contributed by atoms with Gasteiger partial charge in [-0.05, 0) is 86.3 Å². The van der Waals surface area contributed by atoms with Crippen molar-refractivity contribution in [1.29, 1.82) is 0 Å². The predicted octanol–water partition coefficient (Wildman–Crippen LogP) is 11.9. The number of nitrogens with two attached hydrogens (primary N) is 1. The number of carbonyl (C=O) groups excluding carboxylic acids is 2. The number of hydrogen-bond donors (Lipinski definition) is 7. The van der Waals surface area contributed by atoms with Crippen LogP contribution in [0.3, 0.4) is 0 Å². The molecule has 8 N–H and O–H groups in total. The largest absolute Gasteiger partial charge is 0.465 e. The highest BCUT2D eigenvalue weighted by Gasteiger charge is 2.37. The van der Waals surface area contributed by atoms with Crippen LogP contribution < -0.4 is 11.1 Å². The number of rotatable bonds is 20. The van der Waals surface area contributed by atoms with Crippen LogP contribution in [0.5, 0.6) is 0 Å². The normalized spacial score (nSPS) is 12.7. The number of amides is 1. The van der Waals surface area contributed by atoms with Gasteiger partial charge in [0.05, 0.1) is 46.2 Å². The second kappa shape index (κ2) is 40.0. The van der Waals surface area contributed by atoms with Crippen LogP contribution in [0.1, 0.15) is 82.6 Å². The number of benzene rings is 4. The monoisotopic (exact) mass is 1150 g/mol. The third-order valence-corrected chi connectivity index (χ3v) is 22.6. The summed E-state index contributed by atoms with van der Waals surface area (Å²) in [6, 6.07) is 33.1. The Morgan fingerprint density at radius 2 is 0.889 bits per heavy atom.